The average Bonchev–Trinajstić information content (AvgIpc) is 2.33. The van der Waals surface area contributed by atoms with Gasteiger partial charge in [0.05, 0.1) is 13.7 Å². The van der Waals surface area contributed by atoms with Crippen LogP contribution in [-0.4, -0.2) is 51.8 Å². The van der Waals surface area contributed by atoms with Crippen LogP contribution in [0.4, 0.5) is 0 Å². The molecule has 0 aromatic heterocycles. The third-order valence-corrected chi connectivity index (χ3v) is 1.53. The molecule has 0 unspecified atom stereocenters. The van der Waals surface area contributed by atoms with E-state index in [1.807, 2.05) is 0 Å². The third-order valence-electron chi connectivity index (χ3n) is 1.53. The molecule has 0 aromatic carbocycles. The van der Waals surface area contributed by atoms with Crippen LogP contribution in [0.2, 0.25) is 0 Å². The number of carbonyl (C=O) groups is 3. The van der Waals surface area contributed by atoms with Gasteiger partial charge >= 0.3 is 11.9 Å². The van der Waals surface area contributed by atoms with Gasteiger partial charge in [0, 0.05) is 25.8 Å². The van der Waals surface area contributed by atoms with Gasteiger partial charge in [-0.2, -0.15) is 0 Å². The van der Waals surface area contributed by atoms with Gasteiger partial charge in [0.25, 0.3) is 5.91 Å². The van der Waals surface area contributed by atoms with Crippen molar-refractivity contribution in [2.24, 2.45) is 0 Å². The van der Waals surface area contributed by atoms with Gasteiger partial charge in [-0.05, 0) is 0 Å². The maximum absolute atomic E-state index is 11.1. The molecule has 0 aliphatic carbocycles. The molecule has 0 aliphatic rings. The van der Waals surface area contributed by atoms with Crippen LogP contribution in [0.3, 0.4) is 0 Å². The summed E-state index contributed by atoms with van der Waals surface area (Å²) in [5.41, 5.74) is 0. The Labute approximate surface area is 98.7 Å². The van der Waals surface area contributed by atoms with Crippen LogP contribution in [0.25, 0.3) is 0 Å². The van der Waals surface area contributed by atoms with Gasteiger partial charge < -0.3 is 19.5 Å². The van der Waals surface area contributed by atoms with Crippen molar-refractivity contribution in [1.82, 2.24) is 5.32 Å². The molecule has 0 bridgehead atoms. The predicted octanol–water partition coefficient (Wildman–Crippen LogP) is -0.979. The van der Waals surface area contributed by atoms with Gasteiger partial charge in [-0.15, -0.1) is 0 Å². The fourth-order valence-electron chi connectivity index (χ4n) is 0.732. The highest BCUT2D eigenvalue weighted by Gasteiger charge is 2.04. The largest absolute Gasteiger partial charge is 0.466 e. The van der Waals surface area contributed by atoms with Gasteiger partial charge in [-0.3, -0.25) is 4.79 Å². The number of amides is 1. The Kier molecular flexibility index (Phi) is 8.31. The summed E-state index contributed by atoms with van der Waals surface area (Å²) >= 11 is 0. The molecule has 0 atom stereocenters. The van der Waals surface area contributed by atoms with E-state index >= 15 is 0 Å². The monoisotopic (exact) mass is 245 g/mol. The number of esters is 2. The molecule has 0 aromatic rings. The zero-order chi connectivity index (χ0) is 13.1. The Morgan fingerprint density at radius 2 is 1.76 bits per heavy atom. The molecule has 7 nitrogen and oxygen atoms in total. The highest BCUT2D eigenvalue weighted by Crippen LogP contribution is 1.84. The van der Waals surface area contributed by atoms with Crippen LogP contribution in [0.15, 0.2) is 12.2 Å². The summed E-state index contributed by atoms with van der Waals surface area (Å²) in [6.45, 7) is 0.306. The molecule has 0 fully saturated rings. The lowest BCUT2D eigenvalue weighted by molar-refractivity contribution is -0.144. The van der Waals surface area contributed by atoms with E-state index in [9.17, 15) is 14.4 Å². The van der Waals surface area contributed by atoms with E-state index < -0.39 is 24.5 Å². The molecule has 96 valence electrons. The van der Waals surface area contributed by atoms with Crippen LogP contribution < -0.4 is 5.32 Å². The van der Waals surface area contributed by atoms with E-state index in [2.05, 4.69) is 14.8 Å². The zero-order valence-corrected chi connectivity index (χ0v) is 9.73. The fourth-order valence-corrected chi connectivity index (χ4v) is 0.732. The number of hydrogen-bond acceptors (Lipinski definition) is 6. The van der Waals surface area contributed by atoms with Crippen LogP contribution in [0.5, 0.6) is 0 Å². The lowest BCUT2D eigenvalue weighted by atomic mass is 10.5. The summed E-state index contributed by atoms with van der Waals surface area (Å²) in [5, 5.41) is 2.46. The molecule has 0 heterocycles. The van der Waals surface area contributed by atoms with Crippen LogP contribution in [-0.2, 0) is 28.6 Å². The minimum atomic E-state index is -0.794. The Bertz CT molecular complexity index is 299. The summed E-state index contributed by atoms with van der Waals surface area (Å²) in [4.78, 5) is 32.7. The lowest BCUT2D eigenvalue weighted by Crippen LogP contribution is -2.31. The molecule has 0 saturated heterocycles. The summed E-state index contributed by atoms with van der Waals surface area (Å²) < 4.78 is 13.5. The normalized spacial score (nSPS) is 10.0. The minimum absolute atomic E-state index is 0.338. The second-order valence-electron chi connectivity index (χ2n) is 2.81. The molecule has 1 N–H and O–H groups in total. The van der Waals surface area contributed by atoms with E-state index in [0.717, 1.165) is 12.2 Å². The van der Waals surface area contributed by atoms with Crippen molar-refractivity contribution in [2.45, 2.75) is 0 Å². The average molecular weight is 245 g/mol. The number of methoxy groups -OCH3 is 2. The van der Waals surface area contributed by atoms with Gasteiger partial charge in [-0.25, -0.2) is 9.59 Å². The fraction of sp³-hybridized carbons (Fsp3) is 0.500. The van der Waals surface area contributed by atoms with Crippen molar-refractivity contribution in [2.75, 3.05) is 34.0 Å². The van der Waals surface area contributed by atoms with Crippen LogP contribution in [0.1, 0.15) is 0 Å². The molecule has 0 spiro atoms. The van der Waals surface area contributed by atoms with Crippen molar-refractivity contribution in [3.05, 3.63) is 12.2 Å². The highest BCUT2D eigenvalue weighted by atomic mass is 16.5. The van der Waals surface area contributed by atoms with Crippen LogP contribution in [0, 0.1) is 0 Å². The second kappa shape index (κ2) is 9.34. The summed E-state index contributed by atoms with van der Waals surface area (Å²) in [5.74, 6) is -1.91. The van der Waals surface area contributed by atoms with Crippen molar-refractivity contribution >= 4 is 17.8 Å². The Balaban J connectivity index is 3.73. The highest BCUT2D eigenvalue weighted by molar-refractivity contribution is 5.92. The second-order valence-corrected chi connectivity index (χ2v) is 2.81. The third kappa shape index (κ3) is 9.06. The van der Waals surface area contributed by atoms with Gasteiger partial charge in [0.1, 0.15) is 0 Å². The molecule has 0 radical (unpaired) electrons. The maximum Gasteiger partial charge on any atom is 0.331 e. The Morgan fingerprint density at radius 1 is 1.12 bits per heavy atom. The first kappa shape index (κ1) is 15.1. The number of carbonyl (C=O) groups excluding carboxylic acids is 3. The lowest BCUT2D eigenvalue weighted by Gasteiger charge is -2.04. The van der Waals surface area contributed by atoms with E-state index in [4.69, 9.17) is 4.74 Å². The van der Waals surface area contributed by atoms with Crippen LogP contribution >= 0.6 is 0 Å². The standard InChI is InChI=1S/C10H15NO6/c1-15-6-5-11-8(12)7-17-10(14)4-3-9(13)16-2/h3-4H,5-7H2,1-2H3,(H,11,12)/b4-3+. The van der Waals surface area contributed by atoms with Gasteiger partial charge in [-0.1, -0.05) is 0 Å². The van der Waals surface area contributed by atoms with E-state index in [1.54, 1.807) is 0 Å². The maximum atomic E-state index is 11.1. The topological polar surface area (TPSA) is 90.9 Å². The summed E-state index contributed by atoms with van der Waals surface area (Å²) in [6.07, 6.45) is 1.79. The molecular weight excluding hydrogens is 230 g/mol. The molecule has 17 heavy (non-hydrogen) atoms. The zero-order valence-electron chi connectivity index (χ0n) is 9.73. The molecular formula is C10H15NO6. The van der Waals surface area contributed by atoms with E-state index in [0.29, 0.717) is 13.2 Å². The van der Waals surface area contributed by atoms with Gasteiger partial charge in [0.2, 0.25) is 0 Å². The van der Waals surface area contributed by atoms with Gasteiger partial charge in [0.15, 0.2) is 6.61 Å². The number of hydrogen-bond donors (Lipinski definition) is 1. The molecule has 7 heteroatoms. The van der Waals surface area contributed by atoms with Crippen molar-refractivity contribution in [3.63, 3.8) is 0 Å². The molecule has 0 rings (SSSR count). The van der Waals surface area contributed by atoms with E-state index in [1.165, 1.54) is 14.2 Å². The quantitative estimate of drug-likeness (QED) is 0.352. The number of rotatable bonds is 7. The smallest absolute Gasteiger partial charge is 0.331 e. The summed E-state index contributed by atoms with van der Waals surface area (Å²) in [7, 11) is 2.69. The first-order valence-corrected chi connectivity index (χ1v) is 4.78. The van der Waals surface area contributed by atoms with Crippen molar-refractivity contribution in [3.8, 4) is 0 Å². The minimum Gasteiger partial charge on any atom is -0.466 e. The predicted molar refractivity (Wildman–Crippen MR) is 57.0 cm³/mol. The van der Waals surface area contributed by atoms with Crippen molar-refractivity contribution < 1.29 is 28.6 Å². The Morgan fingerprint density at radius 3 is 2.35 bits per heavy atom. The van der Waals surface area contributed by atoms with E-state index in [-0.39, 0.29) is 0 Å². The summed E-state index contributed by atoms with van der Waals surface area (Å²) in [6, 6.07) is 0. The molecule has 1 amide bonds. The Hall–Kier alpha value is -1.89. The molecule has 0 saturated carbocycles. The SMILES string of the molecule is COCCNC(=O)COC(=O)/C=C/C(=O)OC. The van der Waals surface area contributed by atoms with Crippen molar-refractivity contribution in [1.29, 1.82) is 0 Å². The first-order valence-electron chi connectivity index (χ1n) is 4.78. The number of nitrogens with one attached hydrogen (secondary N) is 1. The number of ether oxygens (including phenoxy) is 3. The first-order chi connectivity index (χ1) is 8.10. The molecule has 0 aliphatic heterocycles.